The second-order valence-electron chi connectivity index (χ2n) is 6.54. The van der Waals surface area contributed by atoms with Gasteiger partial charge in [0.05, 0.1) is 4.92 Å². The molecule has 0 saturated carbocycles. The largest absolute Gasteiger partial charge is 0.393 e. The van der Waals surface area contributed by atoms with Crippen LogP contribution in [-0.2, 0) is 6.54 Å². The molecular formula is C15H24N4O2. The van der Waals surface area contributed by atoms with Crippen molar-refractivity contribution in [3.05, 3.63) is 33.9 Å². The van der Waals surface area contributed by atoms with Gasteiger partial charge in [0.1, 0.15) is 5.69 Å². The van der Waals surface area contributed by atoms with Crippen LogP contribution in [0, 0.1) is 10.1 Å². The van der Waals surface area contributed by atoms with Crippen LogP contribution in [0.2, 0.25) is 0 Å². The molecule has 21 heavy (non-hydrogen) atoms. The highest BCUT2D eigenvalue weighted by molar-refractivity contribution is 5.62. The molecule has 0 aliphatic carbocycles. The van der Waals surface area contributed by atoms with Gasteiger partial charge in [-0.25, -0.2) is 0 Å². The minimum Gasteiger partial charge on any atom is -0.393 e. The molecule has 0 unspecified atom stereocenters. The number of benzene rings is 1. The van der Waals surface area contributed by atoms with Crippen molar-refractivity contribution in [2.24, 2.45) is 0 Å². The maximum atomic E-state index is 10.9. The van der Waals surface area contributed by atoms with Gasteiger partial charge < -0.3 is 5.73 Å². The van der Waals surface area contributed by atoms with Crippen molar-refractivity contribution in [3.8, 4) is 0 Å². The standard InChI is InChI=1S/C15H24N4O2/c1-15(2,3)18-9-7-17(8-10-18)11-12-5-4-6-13(14(12)16)19(20)21/h4-6H,7-11,16H2,1-3H3. The zero-order valence-corrected chi connectivity index (χ0v) is 13.0. The second kappa shape index (κ2) is 5.99. The van der Waals surface area contributed by atoms with Gasteiger partial charge in [0.15, 0.2) is 0 Å². The van der Waals surface area contributed by atoms with Gasteiger partial charge in [0.2, 0.25) is 0 Å². The molecule has 0 radical (unpaired) electrons. The average Bonchev–Trinajstić information content (AvgIpc) is 2.40. The van der Waals surface area contributed by atoms with Crippen LogP contribution in [-0.4, -0.2) is 46.4 Å². The van der Waals surface area contributed by atoms with Crippen molar-refractivity contribution < 1.29 is 4.92 Å². The SMILES string of the molecule is CC(C)(C)N1CCN(Cc2cccc([N+](=O)[O-])c2N)CC1. The van der Waals surface area contributed by atoms with Crippen LogP contribution in [0.1, 0.15) is 26.3 Å². The molecular weight excluding hydrogens is 268 g/mol. The van der Waals surface area contributed by atoms with Crippen molar-refractivity contribution in [2.45, 2.75) is 32.9 Å². The summed E-state index contributed by atoms with van der Waals surface area (Å²) >= 11 is 0. The number of para-hydroxylation sites is 1. The molecule has 2 N–H and O–H groups in total. The van der Waals surface area contributed by atoms with E-state index in [0.717, 1.165) is 31.7 Å². The van der Waals surface area contributed by atoms with Gasteiger partial charge in [-0.2, -0.15) is 0 Å². The second-order valence-corrected chi connectivity index (χ2v) is 6.54. The maximum Gasteiger partial charge on any atom is 0.292 e. The fourth-order valence-corrected chi connectivity index (χ4v) is 2.71. The van der Waals surface area contributed by atoms with E-state index in [-0.39, 0.29) is 11.2 Å². The van der Waals surface area contributed by atoms with Crippen LogP contribution in [0.25, 0.3) is 0 Å². The van der Waals surface area contributed by atoms with E-state index in [2.05, 4.69) is 30.6 Å². The van der Waals surface area contributed by atoms with E-state index in [1.165, 1.54) is 6.07 Å². The Morgan fingerprint density at radius 1 is 1.24 bits per heavy atom. The van der Waals surface area contributed by atoms with E-state index in [1.807, 2.05) is 6.07 Å². The van der Waals surface area contributed by atoms with Crippen LogP contribution in [0.15, 0.2) is 18.2 Å². The molecule has 0 amide bonds. The molecule has 0 bridgehead atoms. The van der Waals surface area contributed by atoms with Gasteiger partial charge in [-0.05, 0) is 26.3 Å². The van der Waals surface area contributed by atoms with Gasteiger partial charge in [-0.15, -0.1) is 0 Å². The van der Waals surface area contributed by atoms with Crippen molar-refractivity contribution >= 4 is 11.4 Å². The Morgan fingerprint density at radius 2 is 1.86 bits per heavy atom. The van der Waals surface area contributed by atoms with Gasteiger partial charge in [-0.1, -0.05) is 12.1 Å². The lowest BCUT2D eigenvalue weighted by atomic mass is 10.0. The molecule has 1 aliphatic heterocycles. The number of piperazine rings is 1. The first kappa shape index (κ1) is 15.7. The number of rotatable bonds is 3. The molecule has 6 nitrogen and oxygen atoms in total. The highest BCUT2D eigenvalue weighted by Gasteiger charge is 2.26. The van der Waals surface area contributed by atoms with Crippen LogP contribution in [0.4, 0.5) is 11.4 Å². The summed E-state index contributed by atoms with van der Waals surface area (Å²) < 4.78 is 0. The number of nitrogen functional groups attached to an aromatic ring is 1. The van der Waals surface area contributed by atoms with Crippen molar-refractivity contribution in [1.29, 1.82) is 0 Å². The highest BCUT2D eigenvalue weighted by Crippen LogP contribution is 2.26. The topological polar surface area (TPSA) is 75.6 Å². The summed E-state index contributed by atoms with van der Waals surface area (Å²) in [6.07, 6.45) is 0. The number of hydrogen-bond acceptors (Lipinski definition) is 5. The monoisotopic (exact) mass is 292 g/mol. The first-order valence-electron chi connectivity index (χ1n) is 7.28. The third-order valence-corrected chi connectivity index (χ3v) is 4.09. The molecule has 0 spiro atoms. The van der Waals surface area contributed by atoms with Crippen molar-refractivity contribution in [3.63, 3.8) is 0 Å². The number of nitrogens with two attached hydrogens (primary N) is 1. The van der Waals surface area contributed by atoms with Crippen molar-refractivity contribution in [2.75, 3.05) is 31.9 Å². The first-order chi connectivity index (χ1) is 9.79. The normalized spacial score (nSPS) is 17.9. The molecule has 0 atom stereocenters. The molecule has 116 valence electrons. The molecule has 0 aromatic heterocycles. The van der Waals surface area contributed by atoms with E-state index in [9.17, 15) is 10.1 Å². The maximum absolute atomic E-state index is 10.9. The molecule has 1 aliphatic rings. The third kappa shape index (κ3) is 3.71. The lowest BCUT2D eigenvalue weighted by molar-refractivity contribution is -0.384. The third-order valence-electron chi connectivity index (χ3n) is 4.09. The fourth-order valence-electron chi connectivity index (χ4n) is 2.71. The van der Waals surface area contributed by atoms with Gasteiger partial charge in [-0.3, -0.25) is 19.9 Å². The Bertz CT molecular complexity index is 517. The molecule has 1 aromatic rings. The van der Waals surface area contributed by atoms with E-state index in [4.69, 9.17) is 5.73 Å². The summed E-state index contributed by atoms with van der Waals surface area (Å²) in [5.74, 6) is 0. The molecule has 2 rings (SSSR count). The fraction of sp³-hybridized carbons (Fsp3) is 0.600. The Balaban J connectivity index is 2.01. The lowest BCUT2D eigenvalue weighted by Gasteiger charge is -2.42. The lowest BCUT2D eigenvalue weighted by Crippen LogP contribution is -2.53. The number of hydrogen-bond donors (Lipinski definition) is 1. The van der Waals surface area contributed by atoms with Gasteiger partial charge >= 0.3 is 0 Å². The molecule has 6 heteroatoms. The minimum atomic E-state index is -0.420. The van der Waals surface area contributed by atoms with Crippen LogP contribution >= 0.6 is 0 Å². The Morgan fingerprint density at radius 3 is 2.38 bits per heavy atom. The summed E-state index contributed by atoms with van der Waals surface area (Å²) in [5.41, 5.74) is 7.24. The Labute approximate surface area is 125 Å². The highest BCUT2D eigenvalue weighted by atomic mass is 16.6. The smallest absolute Gasteiger partial charge is 0.292 e. The number of nitro benzene ring substituents is 1. The van der Waals surface area contributed by atoms with Crippen LogP contribution in [0.3, 0.4) is 0 Å². The van der Waals surface area contributed by atoms with E-state index in [0.29, 0.717) is 12.2 Å². The van der Waals surface area contributed by atoms with Crippen LogP contribution < -0.4 is 5.73 Å². The summed E-state index contributed by atoms with van der Waals surface area (Å²) in [6.45, 7) is 11.3. The Hall–Kier alpha value is -1.66. The van der Waals surface area contributed by atoms with Gasteiger partial charge in [0, 0.05) is 44.3 Å². The van der Waals surface area contributed by atoms with E-state index < -0.39 is 4.92 Å². The number of nitrogens with zero attached hydrogens (tertiary/aromatic N) is 3. The zero-order chi connectivity index (χ0) is 15.6. The summed E-state index contributed by atoms with van der Waals surface area (Å²) in [5, 5.41) is 10.9. The number of anilines is 1. The Kier molecular flexibility index (Phi) is 4.49. The molecule has 1 heterocycles. The predicted octanol–water partition coefficient (Wildman–Crippen LogP) is 2.09. The van der Waals surface area contributed by atoms with E-state index >= 15 is 0 Å². The van der Waals surface area contributed by atoms with Gasteiger partial charge in [0.25, 0.3) is 5.69 Å². The predicted molar refractivity (Wildman–Crippen MR) is 84.1 cm³/mol. The number of nitro groups is 1. The van der Waals surface area contributed by atoms with E-state index in [1.54, 1.807) is 6.07 Å². The van der Waals surface area contributed by atoms with Crippen LogP contribution in [0.5, 0.6) is 0 Å². The summed E-state index contributed by atoms with van der Waals surface area (Å²) in [4.78, 5) is 15.3. The molecule has 1 fully saturated rings. The average molecular weight is 292 g/mol. The minimum absolute atomic E-state index is 0.000766. The summed E-state index contributed by atoms with van der Waals surface area (Å²) in [7, 11) is 0. The quantitative estimate of drug-likeness (QED) is 0.524. The summed E-state index contributed by atoms with van der Waals surface area (Å²) in [6, 6.07) is 5.03. The molecule has 1 saturated heterocycles. The zero-order valence-electron chi connectivity index (χ0n) is 13.0. The van der Waals surface area contributed by atoms with Crippen molar-refractivity contribution in [1.82, 2.24) is 9.80 Å². The molecule has 1 aromatic carbocycles. The first-order valence-corrected chi connectivity index (χ1v) is 7.28.